The van der Waals surface area contributed by atoms with Crippen molar-refractivity contribution >= 4 is 33.0 Å². The molecule has 1 unspecified atom stereocenters. The van der Waals surface area contributed by atoms with Crippen LogP contribution in [0.5, 0.6) is 5.75 Å². The van der Waals surface area contributed by atoms with E-state index in [0.29, 0.717) is 13.0 Å². The standard InChI is InChI=1S/C16H17BrN2OS/c1-12(16-9-13(17)11-21-16)19-14-5-4-6-15(10-14)20-8-3-2-7-18/h4-6,9-12,19H,2-3,8H2,1H3. The van der Waals surface area contributed by atoms with Crippen LogP contribution in [0, 0.1) is 11.3 Å². The van der Waals surface area contributed by atoms with E-state index >= 15 is 0 Å². The van der Waals surface area contributed by atoms with Crippen molar-refractivity contribution in [2.24, 2.45) is 0 Å². The Labute approximate surface area is 137 Å². The number of nitrogens with one attached hydrogen (secondary N) is 1. The Morgan fingerprint density at radius 3 is 3.00 bits per heavy atom. The molecule has 2 rings (SSSR count). The van der Waals surface area contributed by atoms with Gasteiger partial charge in [-0.15, -0.1) is 11.3 Å². The van der Waals surface area contributed by atoms with Crippen molar-refractivity contribution in [2.45, 2.75) is 25.8 Å². The van der Waals surface area contributed by atoms with Gasteiger partial charge in [-0.05, 0) is 47.5 Å². The average Bonchev–Trinajstić information content (AvgIpc) is 2.91. The first-order valence-electron chi connectivity index (χ1n) is 6.79. The van der Waals surface area contributed by atoms with Gasteiger partial charge in [0.05, 0.1) is 18.7 Å². The number of rotatable bonds is 7. The summed E-state index contributed by atoms with van der Waals surface area (Å²) in [7, 11) is 0. The van der Waals surface area contributed by atoms with Gasteiger partial charge in [0.25, 0.3) is 0 Å². The number of benzene rings is 1. The van der Waals surface area contributed by atoms with Gasteiger partial charge in [0.1, 0.15) is 5.75 Å². The number of unbranched alkanes of at least 4 members (excludes halogenated alkanes) is 1. The third-order valence-corrected chi connectivity index (χ3v) is 4.81. The van der Waals surface area contributed by atoms with Gasteiger partial charge in [-0.1, -0.05) is 6.07 Å². The molecule has 1 atom stereocenters. The van der Waals surface area contributed by atoms with Gasteiger partial charge >= 0.3 is 0 Å². The lowest BCUT2D eigenvalue weighted by Gasteiger charge is -2.14. The van der Waals surface area contributed by atoms with Gasteiger partial charge in [-0.2, -0.15) is 5.26 Å². The summed E-state index contributed by atoms with van der Waals surface area (Å²) in [6, 6.07) is 12.4. The molecule has 0 amide bonds. The van der Waals surface area contributed by atoms with Crippen LogP contribution >= 0.6 is 27.3 Å². The number of hydrogen-bond acceptors (Lipinski definition) is 4. The van der Waals surface area contributed by atoms with Crippen molar-refractivity contribution in [3.8, 4) is 11.8 Å². The SMILES string of the molecule is CC(Nc1cccc(OCCCC#N)c1)c1cc(Br)cs1. The maximum atomic E-state index is 8.50. The molecular formula is C16H17BrN2OS. The molecule has 2 aromatic rings. The Morgan fingerprint density at radius 2 is 2.29 bits per heavy atom. The van der Waals surface area contributed by atoms with Crippen molar-refractivity contribution in [3.63, 3.8) is 0 Å². The zero-order valence-corrected chi connectivity index (χ0v) is 14.2. The largest absolute Gasteiger partial charge is 0.493 e. The third kappa shape index (κ3) is 5.07. The smallest absolute Gasteiger partial charge is 0.121 e. The maximum Gasteiger partial charge on any atom is 0.121 e. The molecule has 0 aliphatic heterocycles. The third-order valence-electron chi connectivity index (χ3n) is 2.93. The lowest BCUT2D eigenvalue weighted by atomic mass is 10.2. The minimum absolute atomic E-state index is 0.245. The highest BCUT2D eigenvalue weighted by molar-refractivity contribution is 9.10. The molecule has 0 saturated carbocycles. The Hall–Kier alpha value is -1.51. The highest BCUT2D eigenvalue weighted by Gasteiger charge is 2.08. The van der Waals surface area contributed by atoms with Gasteiger partial charge in [0.2, 0.25) is 0 Å². The highest BCUT2D eigenvalue weighted by atomic mass is 79.9. The normalized spacial score (nSPS) is 11.7. The van der Waals surface area contributed by atoms with Gasteiger partial charge in [0, 0.05) is 32.9 Å². The van der Waals surface area contributed by atoms with Crippen LogP contribution in [0.15, 0.2) is 40.2 Å². The zero-order chi connectivity index (χ0) is 15.1. The van der Waals surface area contributed by atoms with Crippen LogP contribution in [0.3, 0.4) is 0 Å². The summed E-state index contributed by atoms with van der Waals surface area (Å²) in [5.41, 5.74) is 1.03. The van der Waals surface area contributed by atoms with Crippen LogP contribution in [0.25, 0.3) is 0 Å². The Bertz CT molecular complexity index is 621. The van der Waals surface area contributed by atoms with Gasteiger partial charge in [-0.25, -0.2) is 0 Å². The maximum absolute atomic E-state index is 8.50. The van der Waals surface area contributed by atoms with E-state index in [0.717, 1.165) is 22.3 Å². The van der Waals surface area contributed by atoms with Gasteiger partial charge in [-0.3, -0.25) is 0 Å². The molecule has 21 heavy (non-hydrogen) atoms. The fourth-order valence-electron chi connectivity index (χ4n) is 1.89. The topological polar surface area (TPSA) is 45.0 Å². The lowest BCUT2D eigenvalue weighted by Crippen LogP contribution is -2.05. The minimum atomic E-state index is 0.245. The first-order chi connectivity index (χ1) is 10.2. The van der Waals surface area contributed by atoms with Gasteiger partial charge in [0.15, 0.2) is 0 Å². The van der Waals surface area contributed by atoms with Crippen LogP contribution in [0.4, 0.5) is 5.69 Å². The molecule has 0 aliphatic carbocycles. The molecule has 0 aliphatic rings. The molecule has 0 fully saturated rings. The predicted molar refractivity (Wildman–Crippen MR) is 90.8 cm³/mol. The molecule has 1 aromatic heterocycles. The van der Waals surface area contributed by atoms with E-state index < -0.39 is 0 Å². The molecule has 0 spiro atoms. The van der Waals surface area contributed by atoms with E-state index in [1.54, 1.807) is 11.3 Å². The first kappa shape index (κ1) is 15.9. The van der Waals surface area contributed by atoms with Crippen molar-refractivity contribution in [2.75, 3.05) is 11.9 Å². The summed E-state index contributed by atoms with van der Waals surface area (Å²) in [4.78, 5) is 1.28. The Kier molecular flexibility index (Phi) is 6.09. The monoisotopic (exact) mass is 364 g/mol. The number of thiophene rings is 1. The molecule has 110 valence electrons. The molecule has 1 aromatic carbocycles. The lowest BCUT2D eigenvalue weighted by molar-refractivity contribution is 0.313. The molecular weight excluding hydrogens is 348 g/mol. The Balaban J connectivity index is 1.93. The average molecular weight is 365 g/mol. The van der Waals surface area contributed by atoms with E-state index in [1.807, 2.05) is 24.3 Å². The highest BCUT2D eigenvalue weighted by Crippen LogP contribution is 2.28. The molecule has 0 saturated heterocycles. The van der Waals surface area contributed by atoms with E-state index in [4.69, 9.17) is 10.00 Å². The Morgan fingerprint density at radius 1 is 1.43 bits per heavy atom. The number of ether oxygens (including phenoxy) is 1. The van der Waals surface area contributed by atoms with E-state index in [-0.39, 0.29) is 6.04 Å². The number of halogens is 1. The van der Waals surface area contributed by atoms with Crippen LogP contribution < -0.4 is 10.1 Å². The molecule has 1 heterocycles. The molecule has 1 N–H and O–H groups in total. The number of nitrogens with zero attached hydrogens (tertiary/aromatic N) is 1. The zero-order valence-electron chi connectivity index (χ0n) is 11.8. The summed E-state index contributed by atoms with van der Waals surface area (Å²) in [6.45, 7) is 2.71. The molecule has 0 radical (unpaired) electrons. The number of hydrogen-bond donors (Lipinski definition) is 1. The second-order valence-electron chi connectivity index (χ2n) is 4.67. The summed E-state index contributed by atoms with van der Waals surface area (Å²) in [5, 5.41) is 14.1. The minimum Gasteiger partial charge on any atom is -0.493 e. The van der Waals surface area contributed by atoms with Crippen molar-refractivity contribution in [1.82, 2.24) is 0 Å². The summed E-state index contributed by atoms with van der Waals surface area (Å²) >= 11 is 5.21. The molecule has 5 heteroatoms. The summed E-state index contributed by atoms with van der Waals surface area (Å²) < 4.78 is 6.76. The van der Waals surface area contributed by atoms with Crippen LogP contribution in [0.2, 0.25) is 0 Å². The van der Waals surface area contributed by atoms with Crippen LogP contribution in [0.1, 0.15) is 30.7 Å². The first-order valence-corrected chi connectivity index (χ1v) is 8.46. The van der Waals surface area contributed by atoms with E-state index in [1.165, 1.54) is 4.88 Å². The quantitative estimate of drug-likeness (QED) is 0.671. The molecule has 0 bridgehead atoms. The summed E-state index contributed by atoms with van der Waals surface area (Å²) in [5.74, 6) is 0.831. The van der Waals surface area contributed by atoms with Crippen molar-refractivity contribution in [3.05, 3.63) is 45.1 Å². The second kappa shape index (κ2) is 8.06. The summed E-state index contributed by atoms with van der Waals surface area (Å²) in [6.07, 6.45) is 1.29. The van der Waals surface area contributed by atoms with Crippen LogP contribution in [-0.4, -0.2) is 6.61 Å². The number of anilines is 1. The van der Waals surface area contributed by atoms with Crippen molar-refractivity contribution in [1.29, 1.82) is 5.26 Å². The van der Waals surface area contributed by atoms with Gasteiger partial charge < -0.3 is 10.1 Å². The van der Waals surface area contributed by atoms with Crippen LogP contribution in [-0.2, 0) is 0 Å². The number of nitriles is 1. The fraction of sp³-hybridized carbons (Fsp3) is 0.312. The predicted octanol–water partition coefficient (Wildman–Crippen LogP) is 5.37. The van der Waals surface area contributed by atoms with Crippen molar-refractivity contribution < 1.29 is 4.74 Å². The molecule has 3 nitrogen and oxygen atoms in total. The van der Waals surface area contributed by atoms with E-state index in [9.17, 15) is 0 Å². The second-order valence-corrected chi connectivity index (χ2v) is 6.53. The van der Waals surface area contributed by atoms with E-state index in [2.05, 4.69) is 45.7 Å². The fourth-order valence-corrected chi connectivity index (χ4v) is 3.35.